The predicted octanol–water partition coefficient (Wildman–Crippen LogP) is 3.00. The lowest BCUT2D eigenvalue weighted by Crippen LogP contribution is -2.47. The average Bonchev–Trinajstić information content (AvgIpc) is 2.67. The summed E-state index contributed by atoms with van der Waals surface area (Å²) in [7, 11) is 1.57. The van der Waals surface area contributed by atoms with Gasteiger partial charge in [-0.1, -0.05) is 28.9 Å². The average molecular weight is 375 g/mol. The molecule has 0 unspecified atom stereocenters. The fourth-order valence-electron chi connectivity index (χ4n) is 3.03. The van der Waals surface area contributed by atoms with Gasteiger partial charge in [0.2, 0.25) is 0 Å². The van der Waals surface area contributed by atoms with E-state index in [4.69, 9.17) is 16.4 Å². The number of benzene rings is 1. The molecule has 0 atom stereocenters. The number of halogens is 1. The van der Waals surface area contributed by atoms with Gasteiger partial charge in [-0.25, -0.2) is 4.98 Å². The number of aromatic hydroxyl groups is 1. The molecule has 1 fully saturated rings. The molecular weight excluding hydrogens is 352 g/mol. The molecule has 2 heterocycles. The Morgan fingerprint density at radius 2 is 1.88 bits per heavy atom. The molecule has 1 aliphatic rings. The van der Waals surface area contributed by atoms with E-state index < -0.39 is 0 Å². The van der Waals surface area contributed by atoms with Gasteiger partial charge in [0.15, 0.2) is 0 Å². The lowest BCUT2D eigenvalue weighted by Gasteiger charge is -2.35. The van der Waals surface area contributed by atoms with Crippen molar-refractivity contribution in [1.82, 2.24) is 9.88 Å². The number of aromatic nitrogens is 1. The summed E-state index contributed by atoms with van der Waals surface area (Å²) >= 11 is 5.96. The molecular formula is C19H23ClN4O2. The van der Waals surface area contributed by atoms with Gasteiger partial charge in [0.05, 0.1) is 11.9 Å². The smallest absolute Gasteiger partial charge is 0.134 e. The second-order valence-electron chi connectivity index (χ2n) is 6.18. The number of oxime groups is 1. The van der Waals surface area contributed by atoms with Crippen molar-refractivity contribution in [1.29, 1.82) is 0 Å². The second kappa shape index (κ2) is 8.87. The van der Waals surface area contributed by atoms with Crippen molar-refractivity contribution in [3.63, 3.8) is 0 Å². The molecule has 6 nitrogen and oxygen atoms in total. The molecule has 0 amide bonds. The quantitative estimate of drug-likeness (QED) is 0.622. The van der Waals surface area contributed by atoms with Crippen molar-refractivity contribution < 1.29 is 9.94 Å². The maximum absolute atomic E-state index is 9.35. The largest absolute Gasteiger partial charge is 0.506 e. The van der Waals surface area contributed by atoms with E-state index in [9.17, 15) is 5.11 Å². The highest BCUT2D eigenvalue weighted by Crippen LogP contribution is 2.17. The summed E-state index contributed by atoms with van der Waals surface area (Å²) in [6, 6.07) is 11.2. The highest BCUT2D eigenvalue weighted by molar-refractivity contribution is 6.30. The Morgan fingerprint density at radius 3 is 2.50 bits per heavy atom. The summed E-state index contributed by atoms with van der Waals surface area (Å²) in [4.78, 5) is 13.9. The molecule has 0 aliphatic carbocycles. The van der Waals surface area contributed by atoms with Crippen LogP contribution in [0.5, 0.6) is 5.75 Å². The lowest BCUT2D eigenvalue weighted by atomic mass is 10.1. The Hall–Kier alpha value is -2.31. The fourth-order valence-corrected chi connectivity index (χ4v) is 3.15. The van der Waals surface area contributed by atoms with Crippen molar-refractivity contribution in [2.24, 2.45) is 5.16 Å². The van der Waals surface area contributed by atoms with Crippen LogP contribution in [0.4, 0.5) is 5.82 Å². The summed E-state index contributed by atoms with van der Waals surface area (Å²) in [5.41, 5.74) is 1.95. The molecule has 1 saturated heterocycles. The maximum Gasteiger partial charge on any atom is 0.134 e. The first-order chi connectivity index (χ1) is 12.7. The minimum absolute atomic E-state index is 0.194. The van der Waals surface area contributed by atoms with Crippen LogP contribution in [0.3, 0.4) is 0 Å². The Kier molecular flexibility index (Phi) is 6.30. The van der Waals surface area contributed by atoms with Crippen LogP contribution in [0.2, 0.25) is 5.02 Å². The SMILES string of the molecule is CO/N=C(\CCN1CCN(c2ccc(O)cn2)CC1)c1ccc(Cl)cc1. The third-order valence-corrected chi connectivity index (χ3v) is 4.72. The number of hydrogen-bond donors (Lipinski definition) is 1. The van der Waals surface area contributed by atoms with Gasteiger partial charge in [-0.15, -0.1) is 0 Å². The Bertz CT molecular complexity index is 726. The topological polar surface area (TPSA) is 61.2 Å². The van der Waals surface area contributed by atoms with E-state index in [-0.39, 0.29) is 5.75 Å². The first-order valence-electron chi connectivity index (χ1n) is 8.64. The van der Waals surface area contributed by atoms with Crippen molar-refractivity contribution in [2.75, 3.05) is 44.7 Å². The molecule has 1 aliphatic heterocycles. The van der Waals surface area contributed by atoms with Crippen molar-refractivity contribution in [3.05, 3.63) is 53.2 Å². The summed E-state index contributed by atoms with van der Waals surface area (Å²) in [5, 5.41) is 14.2. The summed E-state index contributed by atoms with van der Waals surface area (Å²) in [6.45, 7) is 4.67. The standard InChI is InChI=1S/C19H23ClN4O2/c1-26-22-18(15-2-4-16(20)5-3-15)8-9-23-10-12-24(13-11-23)19-7-6-17(25)14-21-19/h2-7,14,25H,8-13H2,1H3/b22-18+. The molecule has 0 saturated carbocycles. The zero-order chi connectivity index (χ0) is 18.4. The number of rotatable bonds is 6. The van der Waals surface area contributed by atoms with Crippen LogP contribution in [0.25, 0.3) is 0 Å². The summed E-state index contributed by atoms with van der Waals surface area (Å²) in [5.74, 6) is 1.10. The highest BCUT2D eigenvalue weighted by Gasteiger charge is 2.18. The molecule has 3 rings (SSSR count). The maximum atomic E-state index is 9.35. The van der Waals surface area contributed by atoms with Crippen LogP contribution in [0.15, 0.2) is 47.8 Å². The summed E-state index contributed by atoms with van der Waals surface area (Å²) in [6.07, 6.45) is 2.30. The van der Waals surface area contributed by atoms with E-state index >= 15 is 0 Å². The number of nitrogens with zero attached hydrogens (tertiary/aromatic N) is 4. The van der Waals surface area contributed by atoms with E-state index in [0.717, 1.165) is 56.2 Å². The normalized spacial score (nSPS) is 15.9. The fraction of sp³-hybridized carbons (Fsp3) is 0.368. The van der Waals surface area contributed by atoms with Crippen LogP contribution < -0.4 is 4.90 Å². The third kappa shape index (κ3) is 4.86. The second-order valence-corrected chi connectivity index (χ2v) is 6.62. The first kappa shape index (κ1) is 18.5. The minimum Gasteiger partial charge on any atom is -0.506 e. The molecule has 26 heavy (non-hydrogen) atoms. The van der Waals surface area contributed by atoms with Crippen LogP contribution in [0, 0.1) is 0 Å². The molecule has 7 heteroatoms. The number of hydrogen-bond acceptors (Lipinski definition) is 6. The highest BCUT2D eigenvalue weighted by atomic mass is 35.5. The predicted molar refractivity (Wildman–Crippen MR) is 104 cm³/mol. The van der Waals surface area contributed by atoms with Crippen LogP contribution in [-0.4, -0.2) is 60.5 Å². The number of piperazine rings is 1. The van der Waals surface area contributed by atoms with Gasteiger partial charge in [0, 0.05) is 44.2 Å². The van der Waals surface area contributed by atoms with Gasteiger partial charge in [-0.2, -0.15) is 0 Å². The first-order valence-corrected chi connectivity index (χ1v) is 9.02. The zero-order valence-electron chi connectivity index (χ0n) is 14.8. The molecule has 1 N–H and O–H groups in total. The van der Waals surface area contributed by atoms with E-state index in [0.29, 0.717) is 5.02 Å². The van der Waals surface area contributed by atoms with E-state index in [1.165, 1.54) is 6.20 Å². The van der Waals surface area contributed by atoms with E-state index in [1.807, 2.05) is 30.3 Å². The van der Waals surface area contributed by atoms with Gasteiger partial charge in [0.25, 0.3) is 0 Å². The minimum atomic E-state index is 0.194. The van der Waals surface area contributed by atoms with Crippen LogP contribution >= 0.6 is 11.6 Å². The van der Waals surface area contributed by atoms with Gasteiger partial charge in [-0.05, 0) is 29.8 Å². The summed E-state index contributed by atoms with van der Waals surface area (Å²) < 4.78 is 0. The van der Waals surface area contributed by atoms with E-state index in [2.05, 4.69) is 19.9 Å². The van der Waals surface area contributed by atoms with Gasteiger partial charge >= 0.3 is 0 Å². The Morgan fingerprint density at radius 1 is 1.15 bits per heavy atom. The molecule has 2 aromatic rings. The van der Waals surface area contributed by atoms with Gasteiger partial charge < -0.3 is 14.8 Å². The van der Waals surface area contributed by atoms with Crippen molar-refractivity contribution >= 4 is 23.1 Å². The third-order valence-electron chi connectivity index (χ3n) is 4.47. The monoisotopic (exact) mass is 374 g/mol. The van der Waals surface area contributed by atoms with Gasteiger partial charge in [0.1, 0.15) is 18.7 Å². The van der Waals surface area contributed by atoms with Crippen LogP contribution in [-0.2, 0) is 4.84 Å². The number of anilines is 1. The lowest BCUT2D eigenvalue weighted by molar-refractivity contribution is 0.211. The molecule has 0 bridgehead atoms. The Labute approximate surface area is 158 Å². The molecule has 0 spiro atoms. The van der Waals surface area contributed by atoms with E-state index in [1.54, 1.807) is 13.2 Å². The zero-order valence-corrected chi connectivity index (χ0v) is 15.6. The van der Waals surface area contributed by atoms with Crippen molar-refractivity contribution in [2.45, 2.75) is 6.42 Å². The molecule has 1 aromatic heterocycles. The molecule has 138 valence electrons. The molecule has 1 aromatic carbocycles. The van der Waals surface area contributed by atoms with Crippen molar-refractivity contribution in [3.8, 4) is 5.75 Å². The van der Waals surface area contributed by atoms with Crippen LogP contribution in [0.1, 0.15) is 12.0 Å². The van der Waals surface area contributed by atoms with Gasteiger partial charge in [-0.3, -0.25) is 4.90 Å². The Balaban J connectivity index is 1.52. The number of pyridine rings is 1. The molecule has 0 radical (unpaired) electrons.